The van der Waals surface area contributed by atoms with Gasteiger partial charge in [-0.05, 0) is 55.4 Å². The number of hydrogen-bond acceptors (Lipinski definition) is 3. The van der Waals surface area contributed by atoms with E-state index in [-0.39, 0.29) is 6.04 Å². The van der Waals surface area contributed by atoms with Crippen LogP contribution < -0.4 is 16.0 Å². The lowest BCUT2D eigenvalue weighted by Crippen LogP contribution is -2.34. The van der Waals surface area contributed by atoms with E-state index in [0.717, 1.165) is 5.75 Å². The fraction of sp³-hybridized carbons (Fsp3) is 0.647. The highest BCUT2D eigenvalue weighted by atomic mass is 16.5. The maximum atomic E-state index is 5.87. The highest BCUT2D eigenvalue weighted by Crippen LogP contribution is 2.33. The van der Waals surface area contributed by atoms with Crippen molar-refractivity contribution in [2.75, 3.05) is 7.11 Å². The Hall–Kier alpha value is -1.06. The molecule has 0 saturated heterocycles. The van der Waals surface area contributed by atoms with Gasteiger partial charge in [-0.25, -0.2) is 0 Å². The van der Waals surface area contributed by atoms with Crippen LogP contribution in [0.5, 0.6) is 5.75 Å². The van der Waals surface area contributed by atoms with Crippen molar-refractivity contribution in [2.45, 2.75) is 59.4 Å². The lowest BCUT2D eigenvalue weighted by atomic mass is 9.84. The predicted molar refractivity (Wildman–Crippen MR) is 85.8 cm³/mol. The van der Waals surface area contributed by atoms with Crippen LogP contribution in [0.1, 0.15) is 62.3 Å². The third-order valence-electron chi connectivity index (χ3n) is 4.09. The molecule has 20 heavy (non-hydrogen) atoms. The molecular weight excluding hydrogens is 248 g/mol. The third-order valence-corrected chi connectivity index (χ3v) is 4.09. The standard InChI is InChI=1S/C17H30N2O/c1-6-8-14(9-7-2)17(19-18)15-10-13(4)16(20-5)11-12(15)3/h10-11,14,17,19H,6-9,18H2,1-5H3. The molecule has 0 amide bonds. The van der Waals surface area contributed by atoms with Crippen LogP contribution in [0, 0.1) is 19.8 Å². The SMILES string of the molecule is CCCC(CCC)C(NN)c1cc(C)c(OC)cc1C. The molecule has 3 heteroatoms. The number of hydrazine groups is 1. The van der Waals surface area contributed by atoms with Crippen molar-refractivity contribution >= 4 is 0 Å². The number of aryl methyl sites for hydroxylation is 2. The molecule has 0 spiro atoms. The van der Waals surface area contributed by atoms with Gasteiger partial charge in [0.15, 0.2) is 0 Å². The van der Waals surface area contributed by atoms with Crippen LogP contribution in [0.2, 0.25) is 0 Å². The first kappa shape index (κ1) is 17.0. The van der Waals surface area contributed by atoms with Gasteiger partial charge in [0.25, 0.3) is 0 Å². The molecule has 1 aromatic rings. The van der Waals surface area contributed by atoms with Crippen molar-refractivity contribution in [3.8, 4) is 5.75 Å². The summed E-state index contributed by atoms with van der Waals surface area (Å²) in [7, 11) is 1.72. The van der Waals surface area contributed by atoms with E-state index in [1.807, 2.05) is 0 Å². The molecule has 0 radical (unpaired) electrons. The van der Waals surface area contributed by atoms with Gasteiger partial charge in [0.2, 0.25) is 0 Å². The topological polar surface area (TPSA) is 47.3 Å². The molecule has 1 unspecified atom stereocenters. The normalized spacial score (nSPS) is 12.8. The summed E-state index contributed by atoms with van der Waals surface area (Å²) in [5, 5.41) is 0. The summed E-state index contributed by atoms with van der Waals surface area (Å²) in [6.07, 6.45) is 4.79. The molecule has 0 saturated carbocycles. The number of ether oxygens (including phenoxy) is 1. The molecule has 0 aliphatic rings. The number of benzene rings is 1. The van der Waals surface area contributed by atoms with Gasteiger partial charge in [0, 0.05) is 6.04 Å². The van der Waals surface area contributed by atoms with Crippen molar-refractivity contribution < 1.29 is 4.74 Å². The minimum Gasteiger partial charge on any atom is -0.496 e. The van der Waals surface area contributed by atoms with E-state index < -0.39 is 0 Å². The van der Waals surface area contributed by atoms with E-state index >= 15 is 0 Å². The molecule has 1 rings (SSSR count). The maximum Gasteiger partial charge on any atom is 0.122 e. The summed E-state index contributed by atoms with van der Waals surface area (Å²) < 4.78 is 5.40. The van der Waals surface area contributed by atoms with Gasteiger partial charge < -0.3 is 4.74 Å². The zero-order chi connectivity index (χ0) is 15.1. The van der Waals surface area contributed by atoms with Crippen LogP contribution >= 0.6 is 0 Å². The fourth-order valence-corrected chi connectivity index (χ4v) is 3.07. The largest absolute Gasteiger partial charge is 0.496 e. The lowest BCUT2D eigenvalue weighted by Gasteiger charge is -2.28. The maximum absolute atomic E-state index is 5.87. The monoisotopic (exact) mass is 278 g/mol. The fourth-order valence-electron chi connectivity index (χ4n) is 3.07. The predicted octanol–water partition coefficient (Wildman–Crippen LogP) is 4.03. The summed E-state index contributed by atoms with van der Waals surface area (Å²) in [5.41, 5.74) is 6.77. The molecule has 0 fully saturated rings. The first-order valence-electron chi connectivity index (χ1n) is 7.70. The number of nitrogens with two attached hydrogens (primary N) is 1. The van der Waals surface area contributed by atoms with E-state index in [1.54, 1.807) is 7.11 Å². The molecule has 0 aliphatic carbocycles. The summed E-state index contributed by atoms with van der Waals surface area (Å²) in [6.45, 7) is 8.70. The Labute approximate surface area is 123 Å². The van der Waals surface area contributed by atoms with Gasteiger partial charge >= 0.3 is 0 Å². The van der Waals surface area contributed by atoms with Crippen molar-refractivity contribution in [3.05, 3.63) is 28.8 Å². The second kappa shape index (κ2) is 8.28. The van der Waals surface area contributed by atoms with E-state index in [1.165, 1.54) is 42.4 Å². The molecule has 0 aromatic heterocycles. The third kappa shape index (κ3) is 3.97. The average molecular weight is 278 g/mol. The van der Waals surface area contributed by atoms with Gasteiger partial charge in [0.1, 0.15) is 5.75 Å². The van der Waals surface area contributed by atoms with Crippen LogP contribution in [-0.2, 0) is 0 Å². The summed E-state index contributed by atoms with van der Waals surface area (Å²) >= 11 is 0. The van der Waals surface area contributed by atoms with Gasteiger partial charge in [0.05, 0.1) is 7.11 Å². The first-order valence-corrected chi connectivity index (χ1v) is 7.70. The van der Waals surface area contributed by atoms with Gasteiger partial charge in [-0.2, -0.15) is 0 Å². The van der Waals surface area contributed by atoms with Crippen molar-refractivity contribution in [3.63, 3.8) is 0 Å². The van der Waals surface area contributed by atoms with Crippen LogP contribution in [0.4, 0.5) is 0 Å². The molecule has 0 aliphatic heterocycles. The molecular formula is C17H30N2O. The Morgan fingerprint density at radius 2 is 1.70 bits per heavy atom. The molecule has 0 bridgehead atoms. The zero-order valence-corrected chi connectivity index (χ0v) is 13.6. The van der Waals surface area contributed by atoms with E-state index in [9.17, 15) is 0 Å². The quantitative estimate of drug-likeness (QED) is 0.557. The average Bonchev–Trinajstić information content (AvgIpc) is 2.43. The zero-order valence-electron chi connectivity index (χ0n) is 13.6. The Morgan fingerprint density at radius 3 is 2.15 bits per heavy atom. The summed E-state index contributed by atoms with van der Waals surface area (Å²) in [5.74, 6) is 7.41. The Kier molecular flexibility index (Phi) is 7.03. The van der Waals surface area contributed by atoms with E-state index in [0.29, 0.717) is 5.92 Å². The second-order valence-corrected chi connectivity index (χ2v) is 5.66. The molecule has 0 heterocycles. The van der Waals surface area contributed by atoms with Crippen molar-refractivity contribution in [1.29, 1.82) is 0 Å². The number of nitrogens with one attached hydrogen (secondary N) is 1. The highest BCUT2D eigenvalue weighted by Gasteiger charge is 2.23. The number of methoxy groups -OCH3 is 1. The van der Waals surface area contributed by atoms with Crippen LogP contribution in [0.15, 0.2) is 12.1 Å². The molecule has 1 aromatic carbocycles. The smallest absolute Gasteiger partial charge is 0.122 e. The minimum atomic E-state index is 0.222. The van der Waals surface area contributed by atoms with E-state index in [2.05, 4.69) is 45.3 Å². The lowest BCUT2D eigenvalue weighted by molar-refractivity contribution is 0.318. The molecule has 1 atom stereocenters. The van der Waals surface area contributed by atoms with Gasteiger partial charge in [-0.1, -0.05) is 32.8 Å². The van der Waals surface area contributed by atoms with Gasteiger partial charge in [-0.15, -0.1) is 0 Å². The summed E-state index contributed by atoms with van der Waals surface area (Å²) in [4.78, 5) is 0. The Balaban J connectivity index is 3.13. The number of hydrogen-bond donors (Lipinski definition) is 2. The number of rotatable bonds is 8. The molecule has 3 nitrogen and oxygen atoms in total. The Morgan fingerprint density at radius 1 is 1.10 bits per heavy atom. The minimum absolute atomic E-state index is 0.222. The van der Waals surface area contributed by atoms with Crippen molar-refractivity contribution in [1.82, 2.24) is 5.43 Å². The Bertz CT molecular complexity index is 412. The second-order valence-electron chi connectivity index (χ2n) is 5.66. The first-order chi connectivity index (χ1) is 9.58. The van der Waals surface area contributed by atoms with E-state index in [4.69, 9.17) is 10.6 Å². The van der Waals surface area contributed by atoms with Crippen LogP contribution in [0.25, 0.3) is 0 Å². The van der Waals surface area contributed by atoms with Crippen LogP contribution in [-0.4, -0.2) is 7.11 Å². The van der Waals surface area contributed by atoms with Gasteiger partial charge in [-0.3, -0.25) is 11.3 Å². The van der Waals surface area contributed by atoms with Crippen molar-refractivity contribution in [2.24, 2.45) is 11.8 Å². The van der Waals surface area contributed by atoms with Crippen LogP contribution in [0.3, 0.4) is 0 Å². The highest BCUT2D eigenvalue weighted by molar-refractivity contribution is 5.43. The molecule has 114 valence electrons. The molecule has 3 N–H and O–H groups in total. The summed E-state index contributed by atoms with van der Waals surface area (Å²) in [6, 6.07) is 4.56.